The fourth-order valence-corrected chi connectivity index (χ4v) is 0.327. The van der Waals surface area contributed by atoms with Crippen LogP contribution in [0.5, 0.6) is 0 Å². The zero-order chi connectivity index (χ0) is 5.70. The van der Waals surface area contributed by atoms with E-state index < -0.39 is 0 Å². The first-order valence-electron chi connectivity index (χ1n) is 2.42. The molecule has 1 atom stereocenters. The van der Waals surface area contributed by atoms with Crippen LogP contribution in [-0.4, -0.2) is 24.8 Å². The van der Waals surface area contributed by atoms with Gasteiger partial charge in [0.05, 0.1) is 6.61 Å². The third-order valence-electron chi connectivity index (χ3n) is 0.977. The van der Waals surface area contributed by atoms with Gasteiger partial charge in [-0.1, -0.05) is 0 Å². The van der Waals surface area contributed by atoms with Crippen LogP contribution in [-0.2, 0) is 0 Å². The van der Waals surface area contributed by atoms with E-state index in [-0.39, 0.29) is 42.2 Å². The average molecular weight is 125 g/mol. The maximum Gasteiger partial charge on any atom is 1.00 e. The molecule has 3 heteroatoms. The topological polar surface area (TPSA) is 32.3 Å². The Labute approximate surface area is 73.0 Å². The Bertz CT molecular complexity index is 33.9. The van der Waals surface area contributed by atoms with Crippen LogP contribution in [0, 0.1) is 6.92 Å². The van der Waals surface area contributed by atoms with E-state index in [1.807, 2.05) is 7.05 Å². The average Bonchev–Trinajstić information content (AvgIpc) is 1.72. The molecule has 0 saturated carbocycles. The Morgan fingerprint density at radius 2 is 2.25 bits per heavy atom. The molecule has 0 aliphatic heterocycles. The van der Waals surface area contributed by atoms with Crippen LogP contribution >= 0.6 is 0 Å². The summed E-state index contributed by atoms with van der Waals surface area (Å²) < 4.78 is 0. The van der Waals surface area contributed by atoms with E-state index in [1.54, 1.807) is 0 Å². The van der Waals surface area contributed by atoms with E-state index in [4.69, 9.17) is 5.11 Å². The Hall–Kier alpha value is 0.920. The van der Waals surface area contributed by atoms with Gasteiger partial charge in [-0.15, -0.1) is 0 Å². The molecule has 1 unspecified atom stereocenters. The first kappa shape index (κ1) is 11.7. The number of aliphatic hydroxyl groups excluding tert-OH is 1. The molecule has 0 radical (unpaired) electrons. The van der Waals surface area contributed by atoms with Gasteiger partial charge < -0.3 is 17.3 Å². The van der Waals surface area contributed by atoms with Gasteiger partial charge in [0.2, 0.25) is 0 Å². The predicted molar refractivity (Wildman–Crippen MR) is 29.9 cm³/mol. The minimum atomic E-state index is 0. The molecular weight excluding hydrogens is 113 g/mol. The first-order chi connectivity index (χ1) is 3.35. The van der Waals surface area contributed by atoms with Crippen molar-refractivity contribution in [3.8, 4) is 0 Å². The van der Waals surface area contributed by atoms with Crippen molar-refractivity contribution in [3.63, 3.8) is 0 Å². The number of rotatable bonds is 3. The van der Waals surface area contributed by atoms with Crippen molar-refractivity contribution >= 4 is 0 Å². The minimum absolute atomic E-state index is 0. The monoisotopic (exact) mass is 125 g/mol. The van der Waals surface area contributed by atoms with Crippen LogP contribution in [0.1, 0.15) is 6.42 Å². The van der Waals surface area contributed by atoms with Gasteiger partial charge in [-0.05, 0) is 7.05 Å². The van der Waals surface area contributed by atoms with Gasteiger partial charge in [0.1, 0.15) is 0 Å². The molecule has 2 nitrogen and oxygen atoms in total. The predicted octanol–water partition coefficient (Wildman–Crippen LogP) is -3.21. The molecule has 44 valence electrons. The summed E-state index contributed by atoms with van der Waals surface area (Å²) in [5.74, 6) is 0. The van der Waals surface area contributed by atoms with Gasteiger partial charge in [-0.3, -0.25) is 0 Å². The van der Waals surface area contributed by atoms with E-state index in [0.29, 0.717) is 0 Å². The second-order valence-corrected chi connectivity index (χ2v) is 1.46. The van der Waals surface area contributed by atoms with Crippen molar-refractivity contribution in [1.82, 2.24) is 5.32 Å². The Kier molecular flexibility index (Phi) is 11.6. The van der Waals surface area contributed by atoms with Crippen LogP contribution in [0.3, 0.4) is 0 Å². The fourth-order valence-electron chi connectivity index (χ4n) is 0.327. The zero-order valence-corrected chi connectivity index (χ0v) is 7.65. The molecule has 0 saturated heterocycles. The van der Waals surface area contributed by atoms with Crippen LogP contribution < -0.4 is 34.9 Å². The number of hydrogen-bond acceptors (Lipinski definition) is 2. The summed E-state index contributed by atoms with van der Waals surface area (Å²) in [6, 6.07) is 0.181. The van der Waals surface area contributed by atoms with Gasteiger partial charge in [0, 0.05) is 6.04 Å². The summed E-state index contributed by atoms with van der Waals surface area (Å²) in [6.45, 7) is 3.79. The zero-order valence-electron chi connectivity index (χ0n) is 5.65. The summed E-state index contributed by atoms with van der Waals surface area (Å²) in [5, 5.41) is 11.3. The summed E-state index contributed by atoms with van der Waals surface area (Å²) in [4.78, 5) is 0. The molecule has 0 rings (SSSR count). The van der Waals surface area contributed by atoms with Crippen LogP contribution in [0.4, 0.5) is 0 Å². The summed E-state index contributed by atoms with van der Waals surface area (Å²) in [7, 11) is 1.81. The molecular formula is C5H12NNaO. The molecule has 0 aliphatic carbocycles. The molecule has 2 N–H and O–H groups in total. The van der Waals surface area contributed by atoms with Gasteiger partial charge in [0.15, 0.2) is 0 Å². The summed E-state index contributed by atoms with van der Waals surface area (Å²) in [5.41, 5.74) is 0. The van der Waals surface area contributed by atoms with Crippen LogP contribution in [0.25, 0.3) is 0 Å². The van der Waals surface area contributed by atoms with E-state index >= 15 is 0 Å². The maximum atomic E-state index is 8.42. The molecule has 0 aromatic rings. The Morgan fingerprint density at radius 3 is 2.25 bits per heavy atom. The Balaban J connectivity index is 0. The second kappa shape index (κ2) is 7.92. The molecule has 0 heterocycles. The number of hydrogen-bond donors (Lipinski definition) is 2. The largest absolute Gasteiger partial charge is 1.00 e. The molecule has 0 aromatic carbocycles. The number of aliphatic hydroxyl groups is 1. The second-order valence-electron chi connectivity index (χ2n) is 1.46. The van der Waals surface area contributed by atoms with Crippen molar-refractivity contribution in [3.05, 3.63) is 6.92 Å². The molecule has 0 fully saturated rings. The SMILES string of the molecule is [CH2-]CC(CO)NC.[Na+]. The molecule has 8 heavy (non-hydrogen) atoms. The molecule has 0 aromatic heterocycles. The quantitative estimate of drug-likeness (QED) is 0.307. The Morgan fingerprint density at radius 1 is 1.75 bits per heavy atom. The van der Waals surface area contributed by atoms with Gasteiger partial charge in [0.25, 0.3) is 0 Å². The molecule has 0 aliphatic rings. The van der Waals surface area contributed by atoms with E-state index in [0.717, 1.165) is 6.42 Å². The molecule has 0 bridgehead atoms. The van der Waals surface area contributed by atoms with Crippen molar-refractivity contribution in [2.75, 3.05) is 13.7 Å². The first-order valence-corrected chi connectivity index (χ1v) is 2.42. The van der Waals surface area contributed by atoms with Crippen LogP contribution in [0.2, 0.25) is 0 Å². The van der Waals surface area contributed by atoms with Gasteiger partial charge in [-0.2, -0.15) is 6.42 Å². The molecule has 0 spiro atoms. The van der Waals surface area contributed by atoms with E-state index in [2.05, 4.69) is 12.2 Å². The third kappa shape index (κ3) is 5.06. The van der Waals surface area contributed by atoms with Gasteiger partial charge >= 0.3 is 29.6 Å². The van der Waals surface area contributed by atoms with E-state index in [1.165, 1.54) is 0 Å². The van der Waals surface area contributed by atoms with Crippen molar-refractivity contribution in [2.45, 2.75) is 12.5 Å². The minimum Gasteiger partial charge on any atom is -0.395 e. The molecule has 0 amide bonds. The summed E-state index contributed by atoms with van der Waals surface area (Å²) >= 11 is 0. The number of nitrogens with one attached hydrogen (secondary N) is 1. The van der Waals surface area contributed by atoms with E-state index in [9.17, 15) is 0 Å². The summed E-state index contributed by atoms with van der Waals surface area (Å²) in [6.07, 6.45) is 0.743. The fraction of sp³-hybridized carbons (Fsp3) is 0.800. The van der Waals surface area contributed by atoms with Crippen LogP contribution in [0.15, 0.2) is 0 Å². The normalized spacial score (nSPS) is 12.4. The number of likely N-dealkylation sites (N-methyl/N-ethyl adjacent to an activating group) is 1. The maximum absolute atomic E-state index is 8.42. The standard InChI is InChI=1S/C5H12NO.Na/c1-3-5(4-7)6-2;/h5-7H,1,3-4H2,2H3;/q-1;+1. The smallest absolute Gasteiger partial charge is 0.395 e. The third-order valence-corrected chi connectivity index (χ3v) is 0.977. The van der Waals surface area contributed by atoms with Crippen molar-refractivity contribution < 1.29 is 34.7 Å². The van der Waals surface area contributed by atoms with Gasteiger partial charge in [-0.25, -0.2) is 0 Å². The van der Waals surface area contributed by atoms with Crippen molar-refractivity contribution in [1.29, 1.82) is 0 Å². The van der Waals surface area contributed by atoms with Crippen molar-refractivity contribution in [2.24, 2.45) is 0 Å².